The number of amides is 1. The van der Waals surface area contributed by atoms with E-state index < -0.39 is 11.4 Å². The van der Waals surface area contributed by atoms with Crippen molar-refractivity contribution in [2.75, 3.05) is 5.32 Å². The summed E-state index contributed by atoms with van der Waals surface area (Å²) in [5, 5.41) is 11.9. The molecule has 0 heterocycles. The first-order valence-corrected chi connectivity index (χ1v) is 8.19. The second-order valence-corrected chi connectivity index (χ2v) is 6.57. The number of anilines is 1. The molecular weight excluding hydrogens is 302 g/mol. The van der Waals surface area contributed by atoms with Crippen LogP contribution >= 0.6 is 0 Å². The molecule has 4 heteroatoms. The summed E-state index contributed by atoms with van der Waals surface area (Å²) in [6.45, 7) is 1.99. The number of aliphatic carboxylic acids is 1. The van der Waals surface area contributed by atoms with Crippen LogP contribution in [0.5, 0.6) is 0 Å². The van der Waals surface area contributed by atoms with Crippen LogP contribution in [0.1, 0.15) is 36.5 Å². The third kappa shape index (κ3) is 3.18. The SMILES string of the molecule is CC1(C(=O)Nc2cccc(CC(=O)O)c2)CCCc2ccccc21. The minimum absolute atomic E-state index is 0.0397. The van der Waals surface area contributed by atoms with Crippen LogP contribution in [-0.4, -0.2) is 17.0 Å². The third-order valence-corrected chi connectivity index (χ3v) is 4.78. The summed E-state index contributed by atoms with van der Waals surface area (Å²) < 4.78 is 0. The average Bonchev–Trinajstić information content (AvgIpc) is 2.55. The molecule has 0 fully saturated rings. The van der Waals surface area contributed by atoms with E-state index in [9.17, 15) is 9.59 Å². The van der Waals surface area contributed by atoms with Gasteiger partial charge in [0.2, 0.25) is 5.91 Å². The summed E-state index contributed by atoms with van der Waals surface area (Å²) in [5.74, 6) is -0.922. The number of carboxylic acids is 1. The molecule has 0 bridgehead atoms. The van der Waals surface area contributed by atoms with E-state index in [2.05, 4.69) is 11.4 Å². The maximum Gasteiger partial charge on any atom is 0.307 e. The van der Waals surface area contributed by atoms with Gasteiger partial charge in [-0.1, -0.05) is 36.4 Å². The fourth-order valence-corrected chi connectivity index (χ4v) is 3.48. The number of hydrogen-bond acceptors (Lipinski definition) is 2. The van der Waals surface area contributed by atoms with Gasteiger partial charge in [-0.15, -0.1) is 0 Å². The van der Waals surface area contributed by atoms with Crippen molar-refractivity contribution in [2.45, 2.75) is 38.0 Å². The van der Waals surface area contributed by atoms with Gasteiger partial charge in [0.1, 0.15) is 0 Å². The highest BCUT2D eigenvalue weighted by molar-refractivity contribution is 5.99. The highest BCUT2D eigenvalue weighted by atomic mass is 16.4. The van der Waals surface area contributed by atoms with E-state index in [0.29, 0.717) is 11.3 Å². The van der Waals surface area contributed by atoms with Gasteiger partial charge in [-0.05, 0) is 55.0 Å². The minimum Gasteiger partial charge on any atom is -0.481 e. The molecule has 1 aliphatic carbocycles. The Morgan fingerprint density at radius 3 is 2.75 bits per heavy atom. The van der Waals surface area contributed by atoms with Crippen molar-refractivity contribution < 1.29 is 14.7 Å². The first kappa shape index (κ1) is 16.2. The van der Waals surface area contributed by atoms with Gasteiger partial charge in [0.25, 0.3) is 0 Å². The van der Waals surface area contributed by atoms with Crippen molar-refractivity contribution >= 4 is 17.6 Å². The standard InChI is InChI=1S/C20H21NO3/c1-20(11-5-8-15-7-2-3-10-17(15)20)19(24)21-16-9-4-6-14(12-16)13-18(22)23/h2-4,6-7,9-10,12H,5,8,11,13H2,1H3,(H,21,24)(H,22,23). The van der Waals surface area contributed by atoms with E-state index in [1.54, 1.807) is 24.3 Å². The molecule has 0 saturated carbocycles. The van der Waals surface area contributed by atoms with Crippen molar-refractivity contribution in [2.24, 2.45) is 0 Å². The van der Waals surface area contributed by atoms with Crippen molar-refractivity contribution in [1.29, 1.82) is 0 Å². The van der Waals surface area contributed by atoms with E-state index >= 15 is 0 Å². The molecule has 1 amide bonds. The minimum atomic E-state index is -0.883. The van der Waals surface area contributed by atoms with Crippen molar-refractivity contribution in [1.82, 2.24) is 0 Å². The predicted molar refractivity (Wildman–Crippen MR) is 93.1 cm³/mol. The number of nitrogens with one attached hydrogen (secondary N) is 1. The van der Waals surface area contributed by atoms with Gasteiger partial charge in [0.15, 0.2) is 0 Å². The molecule has 0 spiro atoms. The molecular formula is C20H21NO3. The van der Waals surface area contributed by atoms with Gasteiger partial charge in [-0.3, -0.25) is 9.59 Å². The fourth-order valence-electron chi connectivity index (χ4n) is 3.48. The first-order valence-electron chi connectivity index (χ1n) is 8.19. The number of aryl methyl sites for hydroxylation is 1. The predicted octanol–water partition coefficient (Wildman–Crippen LogP) is 3.55. The molecule has 3 rings (SSSR count). The summed E-state index contributed by atoms with van der Waals surface area (Å²) in [6.07, 6.45) is 2.75. The van der Waals surface area contributed by atoms with Gasteiger partial charge >= 0.3 is 5.97 Å². The number of carbonyl (C=O) groups excluding carboxylic acids is 1. The fraction of sp³-hybridized carbons (Fsp3) is 0.300. The molecule has 2 N–H and O–H groups in total. The first-order chi connectivity index (χ1) is 11.5. The lowest BCUT2D eigenvalue weighted by Gasteiger charge is -2.34. The quantitative estimate of drug-likeness (QED) is 0.904. The Balaban J connectivity index is 1.84. The van der Waals surface area contributed by atoms with Crippen LogP contribution in [0.3, 0.4) is 0 Å². The van der Waals surface area contributed by atoms with Gasteiger partial charge in [0, 0.05) is 5.69 Å². The van der Waals surface area contributed by atoms with Crippen LogP contribution in [0.15, 0.2) is 48.5 Å². The van der Waals surface area contributed by atoms with E-state index in [0.717, 1.165) is 24.8 Å². The lowest BCUT2D eigenvalue weighted by molar-refractivity contribution is -0.136. The molecule has 2 aromatic carbocycles. The monoisotopic (exact) mass is 323 g/mol. The number of rotatable bonds is 4. The Labute approximate surface area is 141 Å². The van der Waals surface area contributed by atoms with Crippen LogP contribution in [0.25, 0.3) is 0 Å². The molecule has 1 atom stereocenters. The normalized spacial score (nSPS) is 19.4. The number of carboxylic acid groups (broad SMARTS) is 1. The van der Waals surface area contributed by atoms with E-state index in [4.69, 9.17) is 5.11 Å². The zero-order valence-electron chi connectivity index (χ0n) is 13.7. The van der Waals surface area contributed by atoms with Crippen molar-refractivity contribution in [3.8, 4) is 0 Å². The Bertz CT molecular complexity index is 784. The molecule has 4 nitrogen and oxygen atoms in total. The molecule has 124 valence electrons. The summed E-state index contributed by atoms with van der Waals surface area (Å²) in [6, 6.07) is 15.2. The van der Waals surface area contributed by atoms with E-state index in [-0.39, 0.29) is 12.3 Å². The van der Waals surface area contributed by atoms with Crippen LogP contribution in [0, 0.1) is 0 Å². The topological polar surface area (TPSA) is 66.4 Å². The van der Waals surface area contributed by atoms with Gasteiger partial charge in [-0.25, -0.2) is 0 Å². The van der Waals surface area contributed by atoms with Crippen LogP contribution in [0.2, 0.25) is 0 Å². The lowest BCUT2D eigenvalue weighted by atomic mass is 9.70. The van der Waals surface area contributed by atoms with E-state index in [1.165, 1.54) is 5.56 Å². The second-order valence-electron chi connectivity index (χ2n) is 6.57. The molecule has 1 unspecified atom stereocenters. The Morgan fingerprint density at radius 1 is 1.17 bits per heavy atom. The molecule has 0 radical (unpaired) electrons. The molecule has 2 aromatic rings. The lowest BCUT2D eigenvalue weighted by Crippen LogP contribution is -2.40. The molecule has 0 aromatic heterocycles. The van der Waals surface area contributed by atoms with E-state index in [1.807, 2.05) is 25.1 Å². The van der Waals surface area contributed by atoms with Gasteiger partial charge < -0.3 is 10.4 Å². The van der Waals surface area contributed by atoms with Crippen LogP contribution < -0.4 is 5.32 Å². The largest absolute Gasteiger partial charge is 0.481 e. The summed E-state index contributed by atoms with van der Waals surface area (Å²) in [4.78, 5) is 23.8. The smallest absolute Gasteiger partial charge is 0.307 e. The maximum absolute atomic E-state index is 13.0. The number of carbonyl (C=O) groups is 2. The Kier molecular flexibility index (Phi) is 4.38. The Hall–Kier alpha value is -2.62. The summed E-state index contributed by atoms with van der Waals surface area (Å²) >= 11 is 0. The highest BCUT2D eigenvalue weighted by Crippen LogP contribution is 2.38. The second kappa shape index (κ2) is 6.48. The highest BCUT2D eigenvalue weighted by Gasteiger charge is 2.38. The van der Waals surface area contributed by atoms with Gasteiger partial charge in [-0.2, -0.15) is 0 Å². The number of benzene rings is 2. The summed E-state index contributed by atoms with van der Waals surface area (Å²) in [5.41, 5.74) is 3.09. The maximum atomic E-state index is 13.0. The van der Waals surface area contributed by atoms with Crippen LogP contribution in [-0.2, 0) is 27.8 Å². The number of fused-ring (bicyclic) bond motifs is 1. The Morgan fingerprint density at radius 2 is 1.96 bits per heavy atom. The van der Waals surface area contributed by atoms with Crippen molar-refractivity contribution in [3.63, 3.8) is 0 Å². The average molecular weight is 323 g/mol. The third-order valence-electron chi connectivity index (χ3n) is 4.78. The van der Waals surface area contributed by atoms with Crippen molar-refractivity contribution in [3.05, 3.63) is 65.2 Å². The molecule has 1 aliphatic rings. The van der Waals surface area contributed by atoms with Crippen LogP contribution in [0.4, 0.5) is 5.69 Å². The molecule has 0 saturated heterocycles. The summed E-state index contributed by atoms with van der Waals surface area (Å²) in [7, 11) is 0. The zero-order valence-corrected chi connectivity index (χ0v) is 13.7. The molecule has 0 aliphatic heterocycles. The molecule has 24 heavy (non-hydrogen) atoms. The number of hydrogen-bond donors (Lipinski definition) is 2. The van der Waals surface area contributed by atoms with Gasteiger partial charge in [0.05, 0.1) is 11.8 Å². The zero-order chi connectivity index (χ0) is 17.2.